The van der Waals surface area contributed by atoms with Crippen molar-refractivity contribution in [3.8, 4) is 22.8 Å². The molecule has 4 aromatic heterocycles. The molecule has 11 heteroatoms. The van der Waals surface area contributed by atoms with Crippen LogP contribution in [0.15, 0.2) is 35.4 Å². The number of hydrogen-bond acceptors (Lipinski definition) is 9. The summed E-state index contributed by atoms with van der Waals surface area (Å²) in [4.78, 5) is 21.4. The van der Waals surface area contributed by atoms with Gasteiger partial charge in [0.05, 0.1) is 47.0 Å². The minimum atomic E-state index is 0.202. The first-order valence-electron chi connectivity index (χ1n) is 14.1. The Morgan fingerprint density at radius 2 is 1.73 bits per heavy atom. The van der Waals surface area contributed by atoms with Crippen LogP contribution < -0.4 is 4.90 Å². The van der Waals surface area contributed by atoms with Gasteiger partial charge in [-0.1, -0.05) is 36.5 Å². The zero-order chi connectivity index (χ0) is 27.6. The van der Waals surface area contributed by atoms with E-state index in [9.17, 15) is 0 Å². The zero-order valence-corrected chi connectivity index (χ0v) is 24.0. The van der Waals surface area contributed by atoms with E-state index in [0.717, 1.165) is 53.5 Å². The van der Waals surface area contributed by atoms with Crippen LogP contribution in [0.3, 0.4) is 0 Å². The molecule has 1 aliphatic carbocycles. The van der Waals surface area contributed by atoms with Crippen molar-refractivity contribution in [1.29, 1.82) is 0 Å². The second-order valence-corrected chi connectivity index (χ2v) is 11.7. The Bertz CT molecular complexity index is 1420. The van der Waals surface area contributed by atoms with Gasteiger partial charge in [-0.05, 0) is 49.7 Å². The smallest absolute Gasteiger partial charge is 0.220 e. The monoisotopic (exact) mass is 565 g/mol. The van der Waals surface area contributed by atoms with Crippen molar-refractivity contribution in [2.24, 2.45) is 11.8 Å². The minimum Gasteiger partial charge on any atom is -0.383 e. The molecule has 1 saturated carbocycles. The van der Waals surface area contributed by atoms with Gasteiger partial charge < -0.3 is 23.5 Å². The summed E-state index contributed by atoms with van der Waals surface area (Å²) in [6.07, 6.45) is 11.7. The van der Waals surface area contributed by atoms with Gasteiger partial charge in [-0.25, -0.2) is 9.97 Å². The van der Waals surface area contributed by atoms with Crippen LogP contribution in [0.2, 0.25) is 5.02 Å². The number of pyridine rings is 2. The van der Waals surface area contributed by atoms with Crippen LogP contribution in [-0.4, -0.2) is 69.2 Å². The maximum atomic E-state index is 6.42. The number of hydrogen-bond donors (Lipinski definition) is 0. The highest BCUT2D eigenvalue weighted by molar-refractivity contribution is 6.30. The van der Waals surface area contributed by atoms with E-state index in [2.05, 4.69) is 31.5 Å². The van der Waals surface area contributed by atoms with Gasteiger partial charge in [-0.3, -0.25) is 4.98 Å². The summed E-state index contributed by atoms with van der Waals surface area (Å²) in [6, 6.07) is 4.26. The third-order valence-electron chi connectivity index (χ3n) is 8.42. The van der Waals surface area contributed by atoms with E-state index < -0.39 is 0 Å². The number of ether oxygens (including phenoxy) is 2. The summed E-state index contributed by atoms with van der Waals surface area (Å²) in [6.45, 7) is 4.47. The molecule has 0 radical (unpaired) electrons. The van der Waals surface area contributed by atoms with Crippen molar-refractivity contribution in [2.75, 3.05) is 32.3 Å². The minimum absolute atomic E-state index is 0.202. The summed E-state index contributed by atoms with van der Waals surface area (Å²) in [5.74, 6) is 2.67. The molecular weight excluding hydrogens is 530 g/mol. The van der Waals surface area contributed by atoms with E-state index in [1.54, 1.807) is 26.6 Å². The number of rotatable bonds is 9. The Balaban J connectivity index is 1.58. The fourth-order valence-corrected chi connectivity index (χ4v) is 6.60. The molecule has 212 valence electrons. The quantitative estimate of drug-likeness (QED) is 0.254. The highest BCUT2D eigenvalue weighted by Gasteiger charge is 2.38. The van der Waals surface area contributed by atoms with Crippen molar-refractivity contribution in [1.82, 2.24) is 29.7 Å². The fraction of sp³-hybridized carbons (Fsp3) is 0.552. The van der Waals surface area contributed by atoms with E-state index in [1.807, 2.05) is 12.1 Å². The third kappa shape index (κ3) is 5.32. The molecule has 40 heavy (non-hydrogen) atoms. The van der Waals surface area contributed by atoms with Gasteiger partial charge in [0, 0.05) is 38.7 Å². The summed E-state index contributed by atoms with van der Waals surface area (Å²) in [5.41, 5.74) is 3.94. The van der Waals surface area contributed by atoms with E-state index in [0.29, 0.717) is 35.7 Å². The molecule has 6 rings (SSSR count). The van der Waals surface area contributed by atoms with Gasteiger partial charge in [0.15, 0.2) is 0 Å². The first-order valence-corrected chi connectivity index (χ1v) is 14.5. The Kier molecular flexibility index (Phi) is 8.00. The van der Waals surface area contributed by atoms with Gasteiger partial charge in [0.25, 0.3) is 0 Å². The second-order valence-electron chi connectivity index (χ2n) is 11.2. The second kappa shape index (κ2) is 11.8. The molecule has 1 aliphatic heterocycles. The summed E-state index contributed by atoms with van der Waals surface area (Å²) in [5, 5.41) is 4.60. The van der Waals surface area contributed by atoms with Gasteiger partial charge in [-0.15, -0.1) is 0 Å². The van der Waals surface area contributed by atoms with Crippen LogP contribution in [0.5, 0.6) is 0 Å². The first kappa shape index (κ1) is 27.1. The van der Waals surface area contributed by atoms with E-state index >= 15 is 0 Å². The number of nitrogens with zero attached hydrogens (tertiary/aromatic N) is 7. The number of fused-ring (bicyclic) bond motifs is 1. The molecule has 0 bridgehead atoms. The maximum Gasteiger partial charge on any atom is 0.220 e. The molecule has 2 fully saturated rings. The van der Waals surface area contributed by atoms with Crippen molar-refractivity contribution in [2.45, 2.75) is 64.1 Å². The Morgan fingerprint density at radius 1 is 0.975 bits per heavy atom. The van der Waals surface area contributed by atoms with Gasteiger partial charge in [-0.2, -0.15) is 4.98 Å². The van der Waals surface area contributed by atoms with Crippen LogP contribution in [0, 0.1) is 11.8 Å². The van der Waals surface area contributed by atoms with Crippen LogP contribution in [0.1, 0.15) is 45.4 Å². The predicted octanol–water partition coefficient (Wildman–Crippen LogP) is 5.65. The lowest BCUT2D eigenvalue weighted by Gasteiger charge is -2.33. The molecule has 4 aromatic rings. The lowest BCUT2D eigenvalue weighted by atomic mass is 9.83. The van der Waals surface area contributed by atoms with E-state index in [1.165, 1.54) is 32.1 Å². The molecule has 0 N–H and O–H groups in total. The summed E-state index contributed by atoms with van der Waals surface area (Å²) < 4.78 is 18.8. The topological polar surface area (TPSA) is 104 Å². The Morgan fingerprint density at radius 3 is 2.38 bits per heavy atom. The zero-order valence-electron chi connectivity index (χ0n) is 23.3. The maximum absolute atomic E-state index is 6.42. The van der Waals surface area contributed by atoms with Gasteiger partial charge in [0.2, 0.25) is 18.2 Å². The standard InChI is InChI=1S/C29H36ClN7O3/c1-18-4-6-19(7-5-18)14-36-27-24(34-29(36)37-22(15-38-2)8-9-23(37)16-39-3)11-25(28-32-17-40-35-28)33-26(27)20-10-21(30)13-31-12-20/h10-13,17-19,22-23H,4-9,14-16H2,1-3H3/t18-,19-,22-,23-/m0/s1. The first-order chi connectivity index (χ1) is 19.6. The SMILES string of the molecule is COC[C@@H]1CC[C@@H](COC)N1c1nc2cc(-c3ncon3)nc(-c3cncc(Cl)c3)c2n1C[C@H]1CC[C@H](C)CC1. The largest absolute Gasteiger partial charge is 0.383 e. The number of halogens is 1. The predicted molar refractivity (Wildman–Crippen MR) is 153 cm³/mol. The Labute approximate surface area is 239 Å². The number of methoxy groups -OCH3 is 2. The molecule has 10 nitrogen and oxygen atoms in total. The number of aromatic nitrogens is 6. The summed E-state index contributed by atoms with van der Waals surface area (Å²) in [7, 11) is 3.53. The van der Waals surface area contributed by atoms with Crippen LogP contribution in [0.4, 0.5) is 5.95 Å². The van der Waals surface area contributed by atoms with Gasteiger partial charge >= 0.3 is 0 Å². The van der Waals surface area contributed by atoms with Gasteiger partial charge in [0.1, 0.15) is 5.69 Å². The molecule has 0 aromatic carbocycles. The van der Waals surface area contributed by atoms with Crippen LogP contribution in [-0.2, 0) is 16.0 Å². The number of anilines is 1. The molecular formula is C29H36ClN7O3. The van der Waals surface area contributed by atoms with Crippen molar-refractivity contribution in [3.05, 3.63) is 35.9 Å². The molecule has 5 heterocycles. The molecule has 2 aliphatic rings. The highest BCUT2D eigenvalue weighted by Crippen LogP contribution is 2.39. The van der Waals surface area contributed by atoms with Crippen molar-refractivity contribution >= 4 is 28.6 Å². The fourth-order valence-electron chi connectivity index (χ4n) is 6.42. The molecule has 0 unspecified atom stereocenters. The normalized spacial score (nSPS) is 23.4. The highest BCUT2D eigenvalue weighted by atomic mass is 35.5. The summed E-state index contributed by atoms with van der Waals surface area (Å²) >= 11 is 6.42. The lowest BCUT2D eigenvalue weighted by Crippen LogP contribution is -2.42. The number of imidazole rings is 1. The average molecular weight is 566 g/mol. The van der Waals surface area contributed by atoms with Crippen LogP contribution in [0.25, 0.3) is 33.8 Å². The molecule has 0 spiro atoms. The molecule has 2 atom stereocenters. The third-order valence-corrected chi connectivity index (χ3v) is 8.62. The lowest BCUT2D eigenvalue weighted by molar-refractivity contribution is 0.166. The van der Waals surface area contributed by atoms with E-state index in [-0.39, 0.29) is 12.1 Å². The Hall–Kier alpha value is -3.08. The average Bonchev–Trinajstić information content (AvgIpc) is 3.70. The van der Waals surface area contributed by atoms with Crippen LogP contribution >= 0.6 is 11.6 Å². The van der Waals surface area contributed by atoms with E-state index in [4.69, 9.17) is 35.6 Å². The molecule has 0 amide bonds. The molecule has 1 saturated heterocycles. The van der Waals surface area contributed by atoms with Crippen molar-refractivity contribution in [3.63, 3.8) is 0 Å². The van der Waals surface area contributed by atoms with Crippen molar-refractivity contribution < 1.29 is 14.0 Å².